The van der Waals surface area contributed by atoms with Gasteiger partial charge in [-0.1, -0.05) is 23.2 Å². The van der Waals surface area contributed by atoms with Crippen LogP contribution < -0.4 is 36.1 Å². The zero-order valence-electron chi connectivity index (χ0n) is 15.8. The molecule has 0 fully saturated rings. The smallest absolute Gasteiger partial charge is 0.276 e. The molecule has 0 bridgehead atoms. The summed E-state index contributed by atoms with van der Waals surface area (Å²) < 4.78 is 16.0. The zero-order valence-corrected chi connectivity index (χ0v) is 17.3. The summed E-state index contributed by atoms with van der Waals surface area (Å²) in [6.07, 6.45) is 1.30. The van der Waals surface area contributed by atoms with Crippen LogP contribution in [0.2, 0.25) is 10.0 Å². The van der Waals surface area contributed by atoms with Gasteiger partial charge >= 0.3 is 0 Å². The number of rotatable bonds is 7. The predicted octanol–water partition coefficient (Wildman–Crippen LogP) is 3.36. The number of benzene rings is 2. The van der Waals surface area contributed by atoms with Crippen LogP contribution in [0.1, 0.15) is 0 Å². The lowest BCUT2D eigenvalue weighted by atomic mass is 10.2. The summed E-state index contributed by atoms with van der Waals surface area (Å²) in [6, 6.07) is 10.0. The maximum atomic E-state index is 12.1. The number of hydrogen-bond acceptors (Lipinski definition) is 9. The van der Waals surface area contributed by atoms with Crippen molar-refractivity contribution in [2.75, 3.05) is 29.9 Å². The highest BCUT2D eigenvalue weighted by Crippen LogP contribution is 2.36. The number of carbonyl (C=O) groups is 1. The molecule has 1 aliphatic heterocycles. The van der Waals surface area contributed by atoms with E-state index >= 15 is 0 Å². The van der Waals surface area contributed by atoms with E-state index in [2.05, 4.69) is 26.1 Å². The number of nitrogens with one attached hydrogen (secondary N) is 3. The molecule has 31 heavy (non-hydrogen) atoms. The topological polar surface area (TPSA) is 133 Å². The third kappa shape index (κ3) is 4.93. The predicted molar refractivity (Wildman–Crippen MR) is 116 cm³/mol. The van der Waals surface area contributed by atoms with Crippen molar-refractivity contribution in [1.29, 1.82) is 0 Å². The fraction of sp³-hybridized carbons (Fsp3) is 0.105. The number of halogens is 2. The van der Waals surface area contributed by atoms with Gasteiger partial charge in [-0.25, -0.2) is 9.97 Å². The second kappa shape index (κ2) is 9.02. The SMILES string of the molecule is Nc1c(NNC(=O)COc2ccc(Cl)cc2Cl)ncnc1Nc1ccc2c(c1)OCO2. The van der Waals surface area contributed by atoms with Gasteiger partial charge in [-0.15, -0.1) is 0 Å². The molecule has 0 atom stereocenters. The van der Waals surface area contributed by atoms with E-state index in [0.717, 1.165) is 0 Å². The number of hydrazine groups is 1. The van der Waals surface area contributed by atoms with Gasteiger partial charge in [0.1, 0.15) is 17.8 Å². The van der Waals surface area contributed by atoms with Gasteiger partial charge in [0.05, 0.1) is 5.02 Å². The number of nitrogen functional groups attached to an aromatic ring is 1. The molecule has 160 valence electrons. The molecule has 0 aliphatic carbocycles. The molecule has 5 N–H and O–H groups in total. The van der Waals surface area contributed by atoms with Crippen LogP contribution in [0, 0.1) is 0 Å². The van der Waals surface area contributed by atoms with E-state index in [4.69, 9.17) is 43.1 Å². The van der Waals surface area contributed by atoms with Crippen LogP contribution in [0.4, 0.5) is 23.0 Å². The normalized spacial score (nSPS) is 11.7. The van der Waals surface area contributed by atoms with Crippen molar-refractivity contribution >= 4 is 52.1 Å². The largest absolute Gasteiger partial charge is 0.482 e. The van der Waals surface area contributed by atoms with Crippen LogP contribution in [0.5, 0.6) is 17.2 Å². The lowest BCUT2D eigenvalue weighted by Crippen LogP contribution is -2.34. The molecule has 4 rings (SSSR count). The first kappa shape index (κ1) is 20.6. The molecule has 2 aromatic carbocycles. The Morgan fingerprint density at radius 3 is 2.74 bits per heavy atom. The summed E-state index contributed by atoms with van der Waals surface area (Å²) in [5.41, 5.74) is 12.1. The molecule has 12 heteroatoms. The van der Waals surface area contributed by atoms with Crippen molar-refractivity contribution in [3.8, 4) is 17.2 Å². The Morgan fingerprint density at radius 1 is 1.10 bits per heavy atom. The number of nitrogens with two attached hydrogens (primary N) is 1. The molecule has 0 radical (unpaired) electrons. The average molecular weight is 463 g/mol. The molecule has 2 heterocycles. The Bertz CT molecular complexity index is 1130. The Hall–Kier alpha value is -3.63. The molecule has 0 unspecified atom stereocenters. The molecule has 0 saturated heterocycles. The van der Waals surface area contributed by atoms with E-state index in [0.29, 0.717) is 38.8 Å². The minimum atomic E-state index is -0.477. The number of amides is 1. The second-order valence-corrected chi connectivity index (χ2v) is 7.06. The fourth-order valence-electron chi connectivity index (χ4n) is 2.61. The van der Waals surface area contributed by atoms with E-state index in [1.807, 2.05) is 0 Å². The Kier molecular flexibility index (Phi) is 6.01. The summed E-state index contributed by atoms with van der Waals surface area (Å²) in [5, 5.41) is 3.84. The first-order chi connectivity index (χ1) is 15.0. The van der Waals surface area contributed by atoms with Crippen molar-refractivity contribution in [3.05, 3.63) is 52.8 Å². The molecule has 0 saturated carbocycles. The van der Waals surface area contributed by atoms with E-state index < -0.39 is 5.91 Å². The van der Waals surface area contributed by atoms with Crippen LogP contribution in [-0.2, 0) is 4.79 Å². The summed E-state index contributed by atoms with van der Waals surface area (Å²) >= 11 is 11.8. The Labute approximate surface area is 186 Å². The summed E-state index contributed by atoms with van der Waals surface area (Å²) in [4.78, 5) is 20.2. The van der Waals surface area contributed by atoms with Gasteiger partial charge in [0.25, 0.3) is 5.91 Å². The lowest BCUT2D eigenvalue weighted by molar-refractivity contribution is -0.122. The van der Waals surface area contributed by atoms with Crippen LogP contribution in [0.15, 0.2) is 42.7 Å². The van der Waals surface area contributed by atoms with Crippen molar-refractivity contribution in [2.45, 2.75) is 0 Å². The van der Waals surface area contributed by atoms with Gasteiger partial charge in [-0.05, 0) is 30.3 Å². The summed E-state index contributed by atoms with van der Waals surface area (Å²) in [6.45, 7) is -0.113. The van der Waals surface area contributed by atoms with Crippen LogP contribution >= 0.6 is 23.2 Å². The van der Waals surface area contributed by atoms with Crippen molar-refractivity contribution in [2.24, 2.45) is 0 Å². The third-order valence-electron chi connectivity index (χ3n) is 4.09. The fourth-order valence-corrected chi connectivity index (χ4v) is 3.07. The zero-order chi connectivity index (χ0) is 21.8. The van der Waals surface area contributed by atoms with Crippen molar-refractivity contribution in [1.82, 2.24) is 15.4 Å². The summed E-state index contributed by atoms with van der Waals surface area (Å²) in [7, 11) is 0. The average Bonchev–Trinajstić information content (AvgIpc) is 3.21. The summed E-state index contributed by atoms with van der Waals surface area (Å²) in [5.74, 6) is 1.68. The number of carbonyl (C=O) groups excluding carboxylic acids is 1. The molecule has 3 aromatic rings. The monoisotopic (exact) mass is 462 g/mol. The first-order valence-corrected chi connectivity index (χ1v) is 9.65. The van der Waals surface area contributed by atoms with E-state index in [1.165, 1.54) is 12.4 Å². The molecule has 1 amide bonds. The number of fused-ring (bicyclic) bond motifs is 1. The Balaban J connectivity index is 1.35. The first-order valence-electron chi connectivity index (χ1n) is 8.89. The molecule has 1 aromatic heterocycles. The van der Waals surface area contributed by atoms with Crippen LogP contribution in [0.25, 0.3) is 0 Å². The highest BCUT2D eigenvalue weighted by atomic mass is 35.5. The Morgan fingerprint density at radius 2 is 1.90 bits per heavy atom. The van der Waals surface area contributed by atoms with Gasteiger partial charge in [-0.2, -0.15) is 0 Å². The number of ether oxygens (including phenoxy) is 3. The number of hydrogen-bond donors (Lipinski definition) is 4. The highest BCUT2D eigenvalue weighted by Gasteiger charge is 2.15. The minimum absolute atomic E-state index is 0.177. The van der Waals surface area contributed by atoms with Crippen molar-refractivity contribution in [3.63, 3.8) is 0 Å². The third-order valence-corrected chi connectivity index (χ3v) is 4.62. The molecule has 0 spiro atoms. The number of nitrogens with zero attached hydrogens (tertiary/aromatic N) is 2. The highest BCUT2D eigenvalue weighted by molar-refractivity contribution is 6.35. The van der Waals surface area contributed by atoms with Crippen LogP contribution in [0.3, 0.4) is 0 Å². The maximum absolute atomic E-state index is 12.1. The lowest BCUT2D eigenvalue weighted by Gasteiger charge is -2.14. The van der Waals surface area contributed by atoms with Crippen LogP contribution in [-0.4, -0.2) is 29.3 Å². The number of anilines is 4. The molecule has 1 aliphatic rings. The van der Waals surface area contributed by atoms with Gasteiger partial charge in [-0.3, -0.25) is 15.6 Å². The quantitative estimate of drug-likeness (QED) is 0.390. The molecular weight excluding hydrogens is 447 g/mol. The van der Waals surface area contributed by atoms with Gasteiger partial charge < -0.3 is 25.3 Å². The maximum Gasteiger partial charge on any atom is 0.276 e. The molecule has 10 nitrogen and oxygen atoms in total. The second-order valence-electron chi connectivity index (χ2n) is 6.21. The van der Waals surface area contributed by atoms with Gasteiger partial charge in [0, 0.05) is 16.8 Å². The minimum Gasteiger partial charge on any atom is -0.482 e. The molecular formula is C19H16Cl2N6O4. The van der Waals surface area contributed by atoms with Crippen molar-refractivity contribution < 1.29 is 19.0 Å². The van der Waals surface area contributed by atoms with E-state index in [9.17, 15) is 4.79 Å². The van der Waals surface area contributed by atoms with E-state index in [-0.39, 0.29) is 24.9 Å². The van der Waals surface area contributed by atoms with Gasteiger partial charge in [0.2, 0.25) is 6.79 Å². The van der Waals surface area contributed by atoms with E-state index in [1.54, 1.807) is 30.3 Å². The van der Waals surface area contributed by atoms with Gasteiger partial charge in [0.15, 0.2) is 29.7 Å². The standard InChI is InChI=1S/C19H16Cl2N6O4/c20-10-1-3-13(12(21)5-10)29-7-16(28)26-27-19-17(22)18(23-8-24-19)25-11-2-4-14-15(6-11)31-9-30-14/h1-6,8H,7,9,22H2,(H,26,28)(H2,23,24,25,27). The number of aromatic nitrogens is 2.